The summed E-state index contributed by atoms with van der Waals surface area (Å²) in [4.78, 5) is 28.9. The molecule has 0 aliphatic carbocycles. The SMILES string of the molecule is CN(C)C(=O)C1CCN(CCN2CCOC2=O)CC1. The molecule has 0 spiro atoms. The monoisotopic (exact) mass is 269 g/mol. The molecule has 0 aromatic carbocycles. The van der Waals surface area contributed by atoms with Gasteiger partial charge in [0.1, 0.15) is 6.61 Å². The topological polar surface area (TPSA) is 53.1 Å². The number of amides is 2. The molecule has 2 rings (SSSR count). The van der Waals surface area contributed by atoms with Crippen LogP contribution in [0.2, 0.25) is 0 Å². The van der Waals surface area contributed by atoms with Gasteiger partial charge in [-0.1, -0.05) is 0 Å². The quantitative estimate of drug-likeness (QED) is 0.733. The van der Waals surface area contributed by atoms with Gasteiger partial charge in [-0.25, -0.2) is 4.79 Å². The van der Waals surface area contributed by atoms with Crippen LogP contribution in [0.5, 0.6) is 0 Å². The summed E-state index contributed by atoms with van der Waals surface area (Å²) in [5.74, 6) is 0.408. The average molecular weight is 269 g/mol. The fourth-order valence-electron chi connectivity index (χ4n) is 2.66. The lowest BCUT2D eigenvalue weighted by molar-refractivity contribution is -0.134. The van der Waals surface area contributed by atoms with Gasteiger partial charge in [-0.15, -0.1) is 0 Å². The van der Waals surface area contributed by atoms with Crippen LogP contribution in [0.25, 0.3) is 0 Å². The third kappa shape index (κ3) is 3.59. The van der Waals surface area contributed by atoms with E-state index in [0.717, 1.165) is 39.0 Å². The maximum atomic E-state index is 11.9. The maximum Gasteiger partial charge on any atom is 0.409 e. The van der Waals surface area contributed by atoms with E-state index >= 15 is 0 Å². The molecule has 2 amide bonds. The molecule has 0 atom stereocenters. The molecule has 0 aromatic rings. The van der Waals surface area contributed by atoms with Gasteiger partial charge in [0.25, 0.3) is 0 Å². The second kappa shape index (κ2) is 6.23. The maximum absolute atomic E-state index is 11.9. The first kappa shape index (κ1) is 14.1. The molecule has 0 unspecified atom stereocenters. The molecule has 19 heavy (non-hydrogen) atoms. The number of ether oxygens (including phenoxy) is 1. The molecule has 0 aromatic heterocycles. The Hall–Kier alpha value is -1.30. The van der Waals surface area contributed by atoms with Gasteiger partial charge in [0, 0.05) is 33.1 Å². The minimum Gasteiger partial charge on any atom is -0.448 e. The zero-order chi connectivity index (χ0) is 13.8. The summed E-state index contributed by atoms with van der Waals surface area (Å²) in [5.41, 5.74) is 0. The third-order valence-corrected chi connectivity index (χ3v) is 3.91. The highest BCUT2D eigenvalue weighted by molar-refractivity contribution is 5.78. The Kier molecular flexibility index (Phi) is 4.63. The molecule has 0 bridgehead atoms. The molecule has 2 heterocycles. The highest BCUT2D eigenvalue weighted by Gasteiger charge is 2.27. The van der Waals surface area contributed by atoms with Crippen LogP contribution in [-0.4, -0.2) is 80.1 Å². The first-order valence-corrected chi connectivity index (χ1v) is 6.93. The van der Waals surface area contributed by atoms with Gasteiger partial charge < -0.3 is 19.4 Å². The van der Waals surface area contributed by atoms with Crippen LogP contribution in [0.3, 0.4) is 0 Å². The van der Waals surface area contributed by atoms with Gasteiger partial charge >= 0.3 is 6.09 Å². The molecular formula is C13H23N3O3. The number of carbonyl (C=O) groups excluding carboxylic acids is 2. The fraction of sp³-hybridized carbons (Fsp3) is 0.846. The van der Waals surface area contributed by atoms with E-state index in [1.165, 1.54) is 0 Å². The summed E-state index contributed by atoms with van der Waals surface area (Å²) in [6, 6.07) is 0. The van der Waals surface area contributed by atoms with Crippen LogP contribution in [0.1, 0.15) is 12.8 Å². The molecule has 2 saturated heterocycles. The van der Waals surface area contributed by atoms with Crippen LogP contribution in [0.15, 0.2) is 0 Å². The van der Waals surface area contributed by atoms with E-state index in [-0.39, 0.29) is 17.9 Å². The Morgan fingerprint density at radius 1 is 1.26 bits per heavy atom. The van der Waals surface area contributed by atoms with E-state index in [2.05, 4.69) is 4.90 Å². The van der Waals surface area contributed by atoms with Crippen molar-refractivity contribution < 1.29 is 14.3 Å². The smallest absolute Gasteiger partial charge is 0.409 e. The first-order chi connectivity index (χ1) is 9.08. The summed E-state index contributed by atoms with van der Waals surface area (Å²) in [6.07, 6.45) is 1.64. The van der Waals surface area contributed by atoms with Crippen molar-refractivity contribution in [2.45, 2.75) is 12.8 Å². The minimum atomic E-state index is -0.197. The lowest BCUT2D eigenvalue weighted by Gasteiger charge is -2.33. The molecule has 0 N–H and O–H groups in total. The van der Waals surface area contributed by atoms with Gasteiger partial charge in [0.05, 0.1) is 6.54 Å². The van der Waals surface area contributed by atoms with Crippen molar-refractivity contribution in [2.24, 2.45) is 5.92 Å². The Bertz CT molecular complexity index is 338. The minimum absolute atomic E-state index is 0.169. The van der Waals surface area contributed by atoms with Crippen LogP contribution < -0.4 is 0 Å². The Morgan fingerprint density at radius 3 is 2.47 bits per heavy atom. The second-order valence-corrected chi connectivity index (χ2v) is 5.45. The predicted octanol–water partition coefficient (Wildman–Crippen LogP) is 0.239. The van der Waals surface area contributed by atoms with Gasteiger partial charge in [-0.3, -0.25) is 4.79 Å². The zero-order valence-electron chi connectivity index (χ0n) is 11.8. The Balaban J connectivity index is 1.69. The van der Waals surface area contributed by atoms with Crippen LogP contribution in [0, 0.1) is 5.92 Å². The number of hydrogen-bond donors (Lipinski definition) is 0. The molecule has 2 aliphatic heterocycles. The average Bonchev–Trinajstić information content (AvgIpc) is 2.81. The molecule has 0 saturated carbocycles. The van der Waals surface area contributed by atoms with Gasteiger partial charge in [0.2, 0.25) is 5.91 Å². The van der Waals surface area contributed by atoms with Crippen molar-refractivity contribution in [1.82, 2.24) is 14.7 Å². The van der Waals surface area contributed by atoms with Crippen LogP contribution in [0.4, 0.5) is 4.79 Å². The van der Waals surface area contributed by atoms with Gasteiger partial charge in [0.15, 0.2) is 0 Å². The summed E-state index contributed by atoms with van der Waals surface area (Å²) < 4.78 is 4.90. The van der Waals surface area contributed by atoms with Crippen molar-refractivity contribution in [1.29, 1.82) is 0 Å². The van der Waals surface area contributed by atoms with Crippen LogP contribution in [-0.2, 0) is 9.53 Å². The van der Waals surface area contributed by atoms with Crippen molar-refractivity contribution in [2.75, 3.05) is 53.4 Å². The zero-order valence-corrected chi connectivity index (χ0v) is 11.8. The molecule has 2 fully saturated rings. The molecule has 6 heteroatoms. The van der Waals surface area contributed by atoms with Crippen molar-refractivity contribution in [3.8, 4) is 0 Å². The lowest BCUT2D eigenvalue weighted by Crippen LogP contribution is -2.43. The van der Waals surface area contributed by atoms with E-state index < -0.39 is 0 Å². The number of cyclic esters (lactones) is 1. The number of hydrogen-bond acceptors (Lipinski definition) is 4. The van der Waals surface area contributed by atoms with Crippen molar-refractivity contribution >= 4 is 12.0 Å². The van der Waals surface area contributed by atoms with E-state index in [1.54, 1.807) is 9.80 Å². The summed E-state index contributed by atoms with van der Waals surface area (Å²) in [5, 5.41) is 0. The number of likely N-dealkylation sites (tertiary alicyclic amines) is 1. The molecule has 2 aliphatic rings. The van der Waals surface area contributed by atoms with Crippen molar-refractivity contribution in [3.05, 3.63) is 0 Å². The first-order valence-electron chi connectivity index (χ1n) is 6.93. The molecular weight excluding hydrogens is 246 g/mol. The van der Waals surface area contributed by atoms with Crippen LogP contribution >= 0.6 is 0 Å². The highest BCUT2D eigenvalue weighted by atomic mass is 16.6. The highest BCUT2D eigenvalue weighted by Crippen LogP contribution is 2.18. The van der Waals surface area contributed by atoms with E-state index in [9.17, 15) is 9.59 Å². The van der Waals surface area contributed by atoms with Gasteiger partial charge in [-0.2, -0.15) is 0 Å². The molecule has 0 radical (unpaired) electrons. The standard InChI is InChI=1S/C13H23N3O3/c1-14(2)12(17)11-3-5-15(6-4-11)7-8-16-9-10-19-13(16)18/h11H,3-10H2,1-2H3. The largest absolute Gasteiger partial charge is 0.448 e. The Labute approximate surface area is 114 Å². The number of nitrogens with zero attached hydrogens (tertiary/aromatic N) is 3. The van der Waals surface area contributed by atoms with E-state index in [0.29, 0.717) is 13.2 Å². The molecule has 108 valence electrons. The summed E-state index contributed by atoms with van der Waals surface area (Å²) >= 11 is 0. The van der Waals surface area contributed by atoms with E-state index in [4.69, 9.17) is 4.74 Å². The van der Waals surface area contributed by atoms with E-state index in [1.807, 2.05) is 14.1 Å². The molecule has 6 nitrogen and oxygen atoms in total. The number of piperidine rings is 1. The summed E-state index contributed by atoms with van der Waals surface area (Å²) in [7, 11) is 3.63. The van der Waals surface area contributed by atoms with Gasteiger partial charge in [-0.05, 0) is 25.9 Å². The summed E-state index contributed by atoms with van der Waals surface area (Å²) in [6.45, 7) is 4.69. The normalized spacial score (nSPS) is 21.6. The Morgan fingerprint density at radius 2 is 1.95 bits per heavy atom. The number of carbonyl (C=O) groups is 2. The van der Waals surface area contributed by atoms with Crippen molar-refractivity contribution in [3.63, 3.8) is 0 Å². The number of rotatable bonds is 4. The lowest BCUT2D eigenvalue weighted by atomic mass is 9.95. The fourth-order valence-corrected chi connectivity index (χ4v) is 2.66. The third-order valence-electron chi connectivity index (χ3n) is 3.91. The second-order valence-electron chi connectivity index (χ2n) is 5.45. The predicted molar refractivity (Wildman–Crippen MR) is 70.8 cm³/mol.